The zero-order valence-corrected chi connectivity index (χ0v) is 4.95. The molecule has 0 amide bonds. The van der Waals surface area contributed by atoms with Gasteiger partial charge in [-0.2, -0.15) is 0 Å². The summed E-state index contributed by atoms with van der Waals surface area (Å²) in [5.41, 5.74) is 0. The van der Waals surface area contributed by atoms with Gasteiger partial charge in [-0.3, -0.25) is 0 Å². The minimum absolute atomic E-state index is 0. The summed E-state index contributed by atoms with van der Waals surface area (Å²) >= 11 is 0. The van der Waals surface area contributed by atoms with Gasteiger partial charge in [-0.25, -0.2) is 0 Å². The molecule has 0 radical (unpaired) electrons. The van der Waals surface area contributed by atoms with Crippen LogP contribution in [0.25, 0.3) is 0 Å². The average molecular weight is 101 g/mol. The van der Waals surface area contributed by atoms with Crippen LogP contribution in [0.3, 0.4) is 0 Å². The predicted octanol–water partition coefficient (Wildman–Crippen LogP) is 2.50. The molecular formula is C6H15N. The highest BCUT2D eigenvalue weighted by Gasteiger charge is 1.95. The molecule has 0 aliphatic heterocycles. The molecule has 0 aromatic rings. The van der Waals surface area contributed by atoms with Crippen LogP contribution < -0.4 is 6.15 Å². The van der Waals surface area contributed by atoms with Crippen molar-refractivity contribution >= 4 is 0 Å². The van der Waals surface area contributed by atoms with Gasteiger partial charge in [0.2, 0.25) is 0 Å². The maximum Gasteiger partial charge on any atom is -0.0533 e. The smallest absolute Gasteiger partial charge is 0.0533 e. The maximum absolute atomic E-state index is 1.50. The lowest BCUT2D eigenvalue weighted by Gasteiger charge is -2.05. The first-order valence-corrected chi connectivity index (χ1v) is 3.00. The Morgan fingerprint density at radius 3 is 0.714 bits per heavy atom. The first-order chi connectivity index (χ1) is 3.00. The highest BCUT2D eigenvalue weighted by molar-refractivity contribution is 4.51. The molecule has 1 fully saturated rings. The van der Waals surface area contributed by atoms with Crippen LogP contribution >= 0.6 is 0 Å². The van der Waals surface area contributed by atoms with Gasteiger partial charge in [0.15, 0.2) is 0 Å². The quantitative estimate of drug-likeness (QED) is 0.500. The van der Waals surface area contributed by atoms with Crippen molar-refractivity contribution in [2.75, 3.05) is 0 Å². The Labute approximate surface area is 45.7 Å². The fraction of sp³-hybridized carbons (Fsp3) is 1.00. The van der Waals surface area contributed by atoms with E-state index >= 15 is 0 Å². The molecular weight excluding hydrogens is 86.1 g/mol. The summed E-state index contributed by atoms with van der Waals surface area (Å²) in [4.78, 5) is 0. The molecule has 1 aliphatic rings. The zero-order chi connectivity index (χ0) is 4.24. The first-order valence-electron chi connectivity index (χ1n) is 3.00. The summed E-state index contributed by atoms with van der Waals surface area (Å²) in [5.74, 6) is 0. The number of hydrogen-bond donors (Lipinski definition) is 1. The second-order valence-electron chi connectivity index (χ2n) is 2.12. The molecule has 1 heteroatoms. The fourth-order valence-electron chi connectivity index (χ4n) is 1.06. The number of hydrogen-bond acceptors (Lipinski definition) is 1. The second kappa shape index (κ2) is 4.13. The Morgan fingerprint density at radius 2 is 0.571 bits per heavy atom. The maximum atomic E-state index is 1.50. The van der Waals surface area contributed by atoms with Gasteiger partial charge in [-0.15, -0.1) is 0 Å². The van der Waals surface area contributed by atoms with Gasteiger partial charge in [0.1, 0.15) is 0 Å². The minimum atomic E-state index is 0. The molecule has 0 spiro atoms. The lowest BCUT2D eigenvalue weighted by atomic mass is 10.0. The van der Waals surface area contributed by atoms with Crippen molar-refractivity contribution < 1.29 is 0 Å². The van der Waals surface area contributed by atoms with E-state index < -0.39 is 0 Å². The molecule has 3 N–H and O–H groups in total. The summed E-state index contributed by atoms with van der Waals surface area (Å²) in [7, 11) is 0. The monoisotopic (exact) mass is 101 g/mol. The summed E-state index contributed by atoms with van der Waals surface area (Å²) in [5, 5.41) is 0. The topological polar surface area (TPSA) is 35.0 Å². The van der Waals surface area contributed by atoms with Crippen molar-refractivity contribution in [1.29, 1.82) is 0 Å². The molecule has 7 heavy (non-hydrogen) atoms. The largest absolute Gasteiger partial charge is 0.344 e. The van der Waals surface area contributed by atoms with E-state index in [0.717, 1.165) is 0 Å². The molecule has 0 saturated heterocycles. The third-order valence-corrected chi connectivity index (χ3v) is 1.50. The Bertz CT molecular complexity index is 19.7. The van der Waals surface area contributed by atoms with E-state index in [9.17, 15) is 0 Å². The van der Waals surface area contributed by atoms with E-state index in [4.69, 9.17) is 0 Å². The van der Waals surface area contributed by atoms with E-state index in [0.29, 0.717) is 0 Å². The third-order valence-electron chi connectivity index (χ3n) is 1.50. The molecule has 1 rings (SSSR count). The second-order valence-corrected chi connectivity index (χ2v) is 2.12. The molecule has 0 atom stereocenters. The van der Waals surface area contributed by atoms with Crippen LogP contribution in [-0.4, -0.2) is 0 Å². The molecule has 0 bridgehead atoms. The van der Waals surface area contributed by atoms with Gasteiger partial charge in [-0.05, 0) is 0 Å². The summed E-state index contributed by atoms with van der Waals surface area (Å²) < 4.78 is 0. The van der Waals surface area contributed by atoms with Crippen LogP contribution in [0.15, 0.2) is 0 Å². The van der Waals surface area contributed by atoms with Crippen LogP contribution in [0.5, 0.6) is 0 Å². The van der Waals surface area contributed by atoms with Crippen molar-refractivity contribution in [3.8, 4) is 0 Å². The SMILES string of the molecule is C1CCCCC1.N. The molecule has 0 aromatic heterocycles. The van der Waals surface area contributed by atoms with Crippen molar-refractivity contribution in [1.82, 2.24) is 6.15 Å². The molecule has 0 unspecified atom stereocenters. The Balaban J connectivity index is 0.000000360. The fourth-order valence-corrected chi connectivity index (χ4v) is 1.06. The molecule has 44 valence electrons. The third kappa shape index (κ3) is 2.63. The van der Waals surface area contributed by atoms with Gasteiger partial charge in [0.05, 0.1) is 0 Å². The Kier molecular flexibility index (Phi) is 4.10. The van der Waals surface area contributed by atoms with Crippen molar-refractivity contribution in [3.05, 3.63) is 0 Å². The van der Waals surface area contributed by atoms with Gasteiger partial charge in [-0.1, -0.05) is 38.5 Å². The van der Waals surface area contributed by atoms with Crippen LogP contribution in [0.2, 0.25) is 0 Å². The van der Waals surface area contributed by atoms with Crippen molar-refractivity contribution in [3.63, 3.8) is 0 Å². The van der Waals surface area contributed by atoms with Crippen LogP contribution in [0, 0.1) is 0 Å². The van der Waals surface area contributed by atoms with Crippen LogP contribution in [-0.2, 0) is 0 Å². The number of rotatable bonds is 0. The normalized spacial score (nSPS) is 20.6. The minimum Gasteiger partial charge on any atom is -0.344 e. The van der Waals surface area contributed by atoms with E-state index in [2.05, 4.69) is 0 Å². The summed E-state index contributed by atoms with van der Waals surface area (Å²) in [6, 6.07) is 0. The molecule has 1 saturated carbocycles. The van der Waals surface area contributed by atoms with E-state index in [-0.39, 0.29) is 6.15 Å². The highest BCUT2D eigenvalue weighted by atomic mass is 14.0. The Hall–Kier alpha value is -0.0400. The molecule has 0 heterocycles. The molecule has 1 nitrogen and oxygen atoms in total. The van der Waals surface area contributed by atoms with E-state index in [1.54, 1.807) is 0 Å². The molecule has 0 aromatic carbocycles. The van der Waals surface area contributed by atoms with Gasteiger partial charge >= 0.3 is 0 Å². The highest BCUT2D eigenvalue weighted by Crippen LogP contribution is 2.15. The molecule has 1 aliphatic carbocycles. The lowest BCUT2D eigenvalue weighted by Crippen LogP contribution is -1.85. The van der Waals surface area contributed by atoms with Gasteiger partial charge in [0, 0.05) is 0 Å². The van der Waals surface area contributed by atoms with Gasteiger partial charge in [0.25, 0.3) is 0 Å². The standard InChI is InChI=1S/C6H12.H3N/c1-2-4-6-5-3-1;/h1-6H2;1H3. The van der Waals surface area contributed by atoms with E-state index in [1.165, 1.54) is 38.5 Å². The van der Waals surface area contributed by atoms with Crippen LogP contribution in [0.4, 0.5) is 0 Å². The van der Waals surface area contributed by atoms with Crippen molar-refractivity contribution in [2.45, 2.75) is 38.5 Å². The Morgan fingerprint density at radius 1 is 0.429 bits per heavy atom. The first kappa shape index (κ1) is 6.96. The van der Waals surface area contributed by atoms with Gasteiger partial charge < -0.3 is 6.15 Å². The van der Waals surface area contributed by atoms with Crippen molar-refractivity contribution in [2.24, 2.45) is 0 Å². The lowest BCUT2D eigenvalue weighted by molar-refractivity contribution is 0.504. The average Bonchev–Trinajstić information content (AvgIpc) is 1.72. The predicted molar refractivity (Wildman–Crippen MR) is 32.7 cm³/mol. The summed E-state index contributed by atoms with van der Waals surface area (Å²) in [6.07, 6.45) is 9.00. The summed E-state index contributed by atoms with van der Waals surface area (Å²) in [6.45, 7) is 0. The van der Waals surface area contributed by atoms with E-state index in [1.807, 2.05) is 0 Å². The van der Waals surface area contributed by atoms with Crippen LogP contribution in [0.1, 0.15) is 38.5 Å². The zero-order valence-electron chi connectivity index (χ0n) is 4.95.